The smallest absolute Gasteiger partial charge is 0.305 e. The van der Waals surface area contributed by atoms with Crippen molar-refractivity contribution in [2.75, 3.05) is 44.4 Å². The highest BCUT2D eigenvalue weighted by Gasteiger charge is 2.56. The Morgan fingerprint density at radius 3 is 2.55 bits per heavy atom. The van der Waals surface area contributed by atoms with Crippen LogP contribution in [0.3, 0.4) is 0 Å². The van der Waals surface area contributed by atoms with E-state index in [1.807, 2.05) is 19.1 Å². The molecule has 0 bridgehead atoms. The molecular weight excluding hydrogens is 554 g/mol. The van der Waals surface area contributed by atoms with Gasteiger partial charge in [-0.25, -0.2) is 4.90 Å². The third-order valence-corrected chi connectivity index (χ3v) is 9.58. The number of ether oxygens (including phenoxy) is 3. The van der Waals surface area contributed by atoms with Crippen LogP contribution in [-0.2, 0) is 19.1 Å². The van der Waals surface area contributed by atoms with Gasteiger partial charge >= 0.3 is 4.87 Å². The summed E-state index contributed by atoms with van der Waals surface area (Å²) in [5, 5.41) is -0.0835. The minimum atomic E-state index is -0.708. The van der Waals surface area contributed by atoms with Crippen molar-refractivity contribution in [2.45, 2.75) is 23.1 Å². The topological polar surface area (TPSA) is 118 Å². The van der Waals surface area contributed by atoms with Crippen molar-refractivity contribution in [1.82, 2.24) is 9.88 Å². The van der Waals surface area contributed by atoms with Crippen molar-refractivity contribution in [3.05, 3.63) is 68.6 Å². The van der Waals surface area contributed by atoms with Gasteiger partial charge in [0.15, 0.2) is 18.1 Å². The van der Waals surface area contributed by atoms with Gasteiger partial charge in [-0.2, -0.15) is 0 Å². The number of nitrogens with zero attached hydrogens (tertiary/aromatic N) is 2. The fraction of sp³-hybridized carbons (Fsp3) is 0.357. The van der Waals surface area contributed by atoms with Crippen LogP contribution in [0.25, 0.3) is 0 Å². The fourth-order valence-electron chi connectivity index (χ4n) is 5.36. The van der Waals surface area contributed by atoms with Gasteiger partial charge in [0.1, 0.15) is 5.25 Å². The summed E-state index contributed by atoms with van der Waals surface area (Å²) >= 11 is 2.28. The van der Waals surface area contributed by atoms with Crippen LogP contribution in [0, 0.1) is 5.92 Å². The Morgan fingerprint density at radius 1 is 1.02 bits per heavy atom. The number of benzene rings is 2. The summed E-state index contributed by atoms with van der Waals surface area (Å²) in [6, 6.07) is 14.2. The zero-order valence-corrected chi connectivity index (χ0v) is 23.3. The zero-order valence-electron chi connectivity index (χ0n) is 21.7. The second kappa shape index (κ2) is 11.1. The first-order valence-electron chi connectivity index (χ1n) is 13.0. The summed E-state index contributed by atoms with van der Waals surface area (Å²) in [6.45, 7) is 4.10. The predicted molar refractivity (Wildman–Crippen MR) is 149 cm³/mol. The molecule has 3 aromatic rings. The lowest BCUT2D eigenvalue weighted by atomic mass is 9.83. The van der Waals surface area contributed by atoms with Gasteiger partial charge in [0.25, 0.3) is 5.91 Å². The molecule has 1 aromatic heterocycles. The zero-order chi connectivity index (χ0) is 27.8. The number of hydrogen-bond donors (Lipinski definition) is 1. The van der Waals surface area contributed by atoms with Gasteiger partial charge in [-0.3, -0.25) is 19.2 Å². The summed E-state index contributed by atoms with van der Waals surface area (Å²) in [7, 11) is 0. The number of thioether (sulfide) groups is 1. The number of hydrogen-bond acceptors (Lipinski definition) is 9. The Labute approximate surface area is 238 Å². The molecule has 3 amide bonds. The van der Waals surface area contributed by atoms with Crippen LogP contribution >= 0.6 is 23.1 Å². The minimum Gasteiger partial charge on any atom is -0.490 e. The summed E-state index contributed by atoms with van der Waals surface area (Å²) in [5.41, 5.74) is 1.24. The van der Waals surface area contributed by atoms with Crippen molar-refractivity contribution in [2.24, 2.45) is 5.92 Å². The number of fused-ring (bicyclic) bond motifs is 2. The van der Waals surface area contributed by atoms with E-state index in [-0.39, 0.29) is 29.2 Å². The van der Waals surface area contributed by atoms with Crippen molar-refractivity contribution in [3.63, 3.8) is 0 Å². The maximum atomic E-state index is 13.9. The normalized spacial score (nSPS) is 22.2. The quantitative estimate of drug-likeness (QED) is 0.424. The molecule has 3 atom stereocenters. The first-order chi connectivity index (χ1) is 19.5. The number of imide groups is 1. The van der Waals surface area contributed by atoms with E-state index < -0.39 is 17.1 Å². The number of aromatic nitrogens is 1. The average Bonchev–Trinajstić information content (AvgIpc) is 3.47. The number of thiazole rings is 1. The van der Waals surface area contributed by atoms with Gasteiger partial charge in [0.05, 0.1) is 36.5 Å². The number of nitrogens with one attached hydrogen (secondary N) is 1. The maximum absolute atomic E-state index is 13.9. The Morgan fingerprint density at radius 2 is 1.80 bits per heavy atom. The molecule has 12 heteroatoms. The molecule has 40 heavy (non-hydrogen) atoms. The molecule has 0 saturated carbocycles. The summed E-state index contributed by atoms with van der Waals surface area (Å²) in [4.78, 5) is 58.7. The van der Waals surface area contributed by atoms with Gasteiger partial charge in [-0.05, 0) is 36.8 Å². The van der Waals surface area contributed by atoms with Gasteiger partial charge < -0.3 is 24.1 Å². The molecule has 2 fully saturated rings. The average molecular weight is 582 g/mol. The van der Waals surface area contributed by atoms with Crippen LogP contribution in [0.15, 0.2) is 58.4 Å². The molecule has 10 nitrogen and oxygen atoms in total. The number of amides is 3. The molecule has 4 heterocycles. The van der Waals surface area contributed by atoms with E-state index in [2.05, 4.69) is 4.98 Å². The molecule has 6 rings (SSSR count). The largest absolute Gasteiger partial charge is 0.490 e. The second-order valence-electron chi connectivity index (χ2n) is 9.52. The van der Waals surface area contributed by atoms with Gasteiger partial charge in [-0.15, -0.1) is 0 Å². The van der Waals surface area contributed by atoms with Crippen LogP contribution in [0.1, 0.15) is 23.3 Å². The molecule has 0 unspecified atom stereocenters. The third kappa shape index (κ3) is 4.80. The first-order valence-corrected chi connectivity index (χ1v) is 14.7. The van der Waals surface area contributed by atoms with Crippen LogP contribution in [-0.4, -0.2) is 72.4 Å². The number of rotatable bonds is 7. The van der Waals surface area contributed by atoms with Crippen LogP contribution in [0.4, 0.5) is 5.69 Å². The van der Waals surface area contributed by atoms with Gasteiger partial charge in [0.2, 0.25) is 11.8 Å². The van der Waals surface area contributed by atoms with E-state index in [1.165, 1.54) is 16.7 Å². The van der Waals surface area contributed by atoms with E-state index in [4.69, 9.17) is 14.2 Å². The van der Waals surface area contributed by atoms with Crippen molar-refractivity contribution >= 4 is 46.5 Å². The monoisotopic (exact) mass is 581 g/mol. The number of morpholine rings is 1. The maximum Gasteiger partial charge on any atom is 0.305 e. The number of carbonyl (C=O) groups excluding carboxylic acids is 3. The lowest BCUT2D eigenvalue weighted by Crippen LogP contribution is -2.43. The Kier molecular flexibility index (Phi) is 7.39. The highest BCUT2D eigenvalue weighted by Crippen LogP contribution is 2.53. The van der Waals surface area contributed by atoms with Crippen LogP contribution < -0.4 is 19.2 Å². The van der Waals surface area contributed by atoms with E-state index in [0.29, 0.717) is 60.0 Å². The standard InChI is InChI=1S/C28H27N3O7S2/c1-2-37-19-14-16(8-9-18(19)38-15-20(32)30-10-12-36-13-11-30)21-22-24(39-25-23(21)40-28(35)29-25)27(34)31(26(22)33)17-6-4-3-5-7-17/h3-9,14,21-22,24H,2,10-13,15H2,1H3,(H,29,35)/t21-,22-,24+/m0/s1. The molecule has 2 saturated heterocycles. The Balaban J connectivity index is 1.34. The molecule has 0 aliphatic carbocycles. The predicted octanol–water partition coefficient (Wildman–Crippen LogP) is 2.87. The molecule has 3 aliphatic heterocycles. The number of aromatic amines is 1. The minimum absolute atomic E-state index is 0.139. The lowest BCUT2D eigenvalue weighted by molar-refractivity contribution is -0.137. The number of carbonyl (C=O) groups is 3. The Hall–Kier alpha value is -3.61. The van der Waals surface area contributed by atoms with E-state index >= 15 is 0 Å². The molecule has 0 spiro atoms. The first kappa shape index (κ1) is 26.6. The molecule has 0 radical (unpaired) electrons. The third-order valence-electron chi connectivity index (χ3n) is 7.18. The highest BCUT2D eigenvalue weighted by molar-refractivity contribution is 8.00. The second-order valence-corrected chi connectivity index (χ2v) is 11.7. The van der Waals surface area contributed by atoms with E-state index in [0.717, 1.165) is 16.9 Å². The van der Waals surface area contributed by atoms with Crippen molar-refractivity contribution in [1.29, 1.82) is 0 Å². The van der Waals surface area contributed by atoms with E-state index in [1.54, 1.807) is 41.3 Å². The van der Waals surface area contributed by atoms with Crippen molar-refractivity contribution in [3.8, 4) is 11.5 Å². The summed E-state index contributed by atoms with van der Waals surface area (Å²) in [6.07, 6.45) is 0. The Bertz CT molecular complexity index is 1500. The van der Waals surface area contributed by atoms with Gasteiger partial charge in [0, 0.05) is 23.9 Å². The number of H-pyrrole nitrogens is 1. The lowest BCUT2D eigenvalue weighted by Gasteiger charge is -2.30. The summed E-state index contributed by atoms with van der Waals surface area (Å²) < 4.78 is 17.1. The fourth-order valence-corrected chi connectivity index (χ4v) is 7.87. The number of para-hydroxylation sites is 1. The molecule has 2 aromatic carbocycles. The van der Waals surface area contributed by atoms with Gasteiger partial charge in [-0.1, -0.05) is 47.4 Å². The SMILES string of the molecule is CCOc1cc([C@@H]2c3sc(=O)[nH]c3S[C@H]3C(=O)N(c4ccccc4)C(=O)[C@@H]23)ccc1OCC(=O)N1CCOCC1. The molecule has 3 aliphatic rings. The summed E-state index contributed by atoms with van der Waals surface area (Å²) in [5.74, 6) is -1.18. The van der Waals surface area contributed by atoms with Crippen molar-refractivity contribution < 1.29 is 28.6 Å². The molecule has 1 N–H and O–H groups in total. The molecular formula is C28H27N3O7S2. The van der Waals surface area contributed by atoms with Crippen LogP contribution in [0.5, 0.6) is 11.5 Å². The number of anilines is 1. The highest BCUT2D eigenvalue weighted by atomic mass is 32.2. The van der Waals surface area contributed by atoms with Crippen LogP contribution in [0.2, 0.25) is 0 Å². The molecule has 208 valence electrons. The van der Waals surface area contributed by atoms with E-state index in [9.17, 15) is 19.2 Å².